The Kier molecular flexibility index (Phi) is 4.76. The molecule has 1 N–H and O–H groups in total. The van der Waals surface area contributed by atoms with Gasteiger partial charge in [0, 0.05) is 12.0 Å². The number of nitrogens with zero attached hydrogens (tertiary/aromatic N) is 2. The molecule has 1 aliphatic heterocycles. The Morgan fingerprint density at radius 2 is 1.63 bits per heavy atom. The van der Waals surface area contributed by atoms with Crippen molar-refractivity contribution >= 4 is 17.5 Å². The molecule has 0 radical (unpaired) electrons. The lowest BCUT2D eigenvalue weighted by Gasteiger charge is -2.19. The highest BCUT2D eigenvalue weighted by Gasteiger charge is 2.49. The summed E-state index contributed by atoms with van der Waals surface area (Å²) in [5.74, 6) is -1.76. The van der Waals surface area contributed by atoms with Crippen LogP contribution < -0.4 is 10.5 Å². The van der Waals surface area contributed by atoms with E-state index in [-0.39, 0.29) is 34.9 Å². The number of carbonyl (C=O) groups is 2. The molecule has 2 heterocycles. The number of benzene rings is 1. The van der Waals surface area contributed by atoms with Gasteiger partial charge in [-0.1, -0.05) is 18.9 Å². The number of halogens is 1. The Morgan fingerprint density at radius 3 is 2.33 bits per heavy atom. The minimum atomic E-state index is -0.574. The number of nitrogens with one attached hydrogen (secondary N) is 1. The van der Waals surface area contributed by atoms with E-state index >= 15 is 0 Å². The van der Waals surface area contributed by atoms with Crippen molar-refractivity contribution in [3.05, 3.63) is 56.8 Å². The molecule has 1 saturated heterocycles. The maximum absolute atomic E-state index is 14.7. The number of imide groups is 1. The average molecular weight is 409 g/mol. The summed E-state index contributed by atoms with van der Waals surface area (Å²) in [5, 5.41) is 6.83. The van der Waals surface area contributed by atoms with Gasteiger partial charge in [-0.25, -0.2) is 14.4 Å². The number of aromatic nitrogens is 2. The number of rotatable bonds is 3. The van der Waals surface area contributed by atoms with Gasteiger partial charge >= 0.3 is 0 Å². The number of carbonyl (C=O) groups excluding carboxylic acids is 2. The maximum Gasteiger partial charge on any atom is 0.267 e. The first-order chi connectivity index (χ1) is 14.5. The Bertz CT molecular complexity index is 1070. The van der Waals surface area contributed by atoms with Crippen LogP contribution in [-0.4, -0.2) is 22.0 Å². The van der Waals surface area contributed by atoms with Crippen molar-refractivity contribution in [1.29, 1.82) is 0 Å². The Hall–Kier alpha value is -2.83. The summed E-state index contributed by atoms with van der Waals surface area (Å²) in [7, 11) is 0. The van der Waals surface area contributed by atoms with Crippen LogP contribution in [-0.2, 0) is 28.9 Å². The van der Waals surface area contributed by atoms with Crippen LogP contribution in [0.3, 0.4) is 0 Å². The van der Waals surface area contributed by atoms with Crippen LogP contribution in [0.15, 0.2) is 23.0 Å². The molecule has 2 fully saturated rings. The second-order valence-electron chi connectivity index (χ2n) is 8.64. The fourth-order valence-electron chi connectivity index (χ4n) is 5.31. The van der Waals surface area contributed by atoms with E-state index in [1.807, 2.05) is 0 Å². The molecule has 1 aromatic heterocycles. The number of fused-ring (bicyclic) bond motifs is 2. The molecule has 2 aromatic rings. The smallest absolute Gasteiger partial charge is 0.267 e. The number of amides is 2. The minimum Gasteiger partial charge on any atom is -0.274 e. The zero-order valence-electron chi connectivity index (χ0n) is 16.7. The van der Waals surface area contributed by atoms with Crippen molar-refractivity contribution in [3.8, 4) is 0 Å². The summed E-state index contributed by atoms with van der Waals surface area (Å²) in [6, 6.07) is 4.55. The normalized spacial score (nSPS) is 23.4. The average Bonchev–Trinajstić information content (AvgIpc) is 3.02. The van der Waals surface area contributed by atoms with Gasteiger partial charge in [0.15, 0.2) is 0 Å². The van der Waals surface area contributed by atoms with Gasteiger partial charge < -0.3 is 0 Å². The molecule has 1 saturated carbocycles. The van der Waals surface area contributed by atoms with Gasteiger partial charge in [0.2, 0.25) is 11.8 Å². The van der Waals surface area contributed by atoms with Gasteiger partial charge in [0.1, 0.15) is 5.82 Å². The third-order valence-electron chi connectivity index (χ3n) is 6.85. The van der Waals surface area contributed by atoms with Crippen molar-refractivity contribution in [3.63, 3.8) is 0 Å². The predicted octanol–water partition coefficient (Wildman–Crippen LogP) is 3.06. The fraction of sp³-hybridized carbons (Fsp3) is 0.478. The first-order valence-electron chi connectivity index (χ1n) is 10.8. The van der Waals surface area contributed by atoms with E-state index < -0.39 is 5.82 Å². The van der Waals surface area contributed by atoms with Crippen LogP contribution in [0.5, 0.6) is 0 Å². The van der Waals surface area contributed by atoms with Crippen LogP contribution >= 0.6 is 0 Å². The minimum absolute atomic E-state index is 0.0372. The highest BCUT2D eigenvalue weighted by Crippen LogP contribution is 2.41. The van der Waals surface area contributed by atoms with Crippen molar-refractivity contribution < 1.29 is 14.0 Å². The molecule has 3 aliphatic rings. The Balaban J connectivity index is 1.49. The van der Waals surface area contributed by atoms with Crippen molar-refractivity contribution in [1.82, 2.24) is 10.2 Å². The standard InChI is InChI=1S/C23H24FN3O3/c24-18-10-9-13(11-19-14-5-1-2-6-15(14)21(28)26-25-19)12-20(18)27-22(29)16-7-3-4-8-17(16)23(27)30/h9-10,12,16-17H,1-8,11H2,(H,26,28). The zero-order chi connectivity index (χ0) is 20.8. The largest absolute Gasteiger partial charge is 0.274 e. The molecule has 7 heteroatoms. The first kappa shape index (κ1) is 19.2. The van der Waals surface area contributed by atoms with E-state index in [0.29, 0.717) is 19.3 Å². The number of aromatic amines is 1. The third-order valence-corrected chi connectivity index (χ3v) is 6.85. The molecule has 2 aliphatic carbocycles. The maximum atomic E-state index is 14.7. The van der Waals surface area contributed by atoms with Crippen molar-refractivity contribution in [2.45, 2.75) is 57.8 Å². The molecule has 2 atom stereocenters. The number of hydrogen-bond donors (Lipinski definition) is 1. The lowest BCUT2D eigenvalue weighted by molar-refractivity contribution is -0.122. The quantitative estimate of drug-likeness (QED) is 0.790. The topological polar surface area (TPSA) is 83.1 Å². The van der Waals surface area contributed by atoms with Crippen molar-refractivity contribution in [2.75, 3.05) is 4.90 Å². The molecule has 2 amide bonds. The van der Waals surface area contributed by atoms with Gasteiger partial charge in [0.05, 0.1) is 23.2 Å². The monoisotopic (exact) mass is 409 g/mol. The predicted molar refractivity (Wildman–Crippen MR) is 109 cm³/mol. The van der Waals surface area contributed by atoms with Crippen LogP contribution in [0.2, 0.25) is 0 Å². The van der Waals surface area contributed by atoms with Gasteiger partial charge in [-0.2, -0.15) is 5.10 Å². The summed E-state index contributed by atoms with van der Waals surface area (Å²) in [5.41, 5.74) is 3.21. The molecule has 0 spiro atoms. The van der Waals surface area contributed by atoms with Crippen LogP contribution in [0.1, 0.15) is 60.9 Å². The second kappa shape index (κ2) is 7.45. The first-order valence-corrected chi connectivity index (χ1v) is 10.8. The molecule has 156 valence electrons. The summed E-state index contributed by atoms with van der Waals surface area (Å²) in [4.78, 5) is 38.9. The van der Waals surface area contributed by atoms with E-state index in [4.69, 9.17) is 0 Å². The van der Waals surface area contributed by atoms with Gasteiger partial charge in [-0.3, -0.25) is 14.4 Å². The second-order valence-corrected chi connectivity index (χ2v) is 8.64. The summed E-state index contributed by atoms with van der Waals surface area (Å²) >= 11 is 0. The fourth-order valence-corrected chi connectivity index (χ4v) is 5.31. The third kappa shape index (κ3) is 3.07. The summed E-state index contributed by atoms with van der Waals surface area (Å²) < 4.78 is 14.7. The Morgan fingerprint density at radius 1 is 0.967 bits per heavy atom. The van der Waals surface area contributed by atoms with Crippen LogP contribution in [0.4, 0.5) is 10.1 Å². The number of anilines is 1. The van der Waals surface area contributed by atoms with Crippen LogP contribution in [0.25, 0.3) is 0 Å². The summed E-state index contributed by atoms with van der Waals surface area (Å²) in [6.07, 6.45) is 7.22. The zero-order valence-corrected chi connectivity index (χ0v) is 16.7. The molecular weight excluding hydrogens is 385 g/mol. The van der Waals surface area contributed by atoms with Gasteiger partial charge in [-0.15, -0.1) is 0 Å². The Labute approximate surface area is 173 Å². The summed E-state index contributed by atoms with van der Waals surface area (Å²) in [6.45, 7) is 0. The van der Waals surface area contributed by atoms with E-state index in [2.05, 4.69) is 10.2 Å². The molecule has 30 heavy (non-hydrogen) atoms. The number of hydrogen-bond acceptors (Lipinski definition) is 4. The number of H-pyrrole nitrogens is 1. The molecule has 5 rings (SSSR count). The lowest BCUT2D eigenvalue weighted by Crippen LogP contribution is -2.31. The highest BCUT2D eigenvalue weighted by molar-refractivity contribution is 6.22. The van der Waals surface area contributed by atoms with E-state index in [9.17, 15) is 18.8 Å². The van der Waals surface area contributed by atoms with Crippen molar-refractivity contribution in [2.24, 2.45) is 11.8 Å². The highest BCUT2D eigenvalue weighted by atomic mass is 19.1. The van der Waals surface area contributed by atoms with E-state index in [0.717, 1.165) is 65.8 Å². The van der Waals surface area contributed by atoms with Gasteiger partial charge in [-0.05, 0) is 61.8 Å². The van der Waals surface area contributed by atoms with Crippen LogP contribution in [0, 0.1) is 17.7 Å². The van der Waals surface area contributed by atoms with E-state index in [1.165, 1.54) is 6.07 Å². The van der Waals surface area contributed by atoms with Gasteiger partial charge in [0.25, 0.3) is 5.56 Å². The lowest BCUT2D eigenvalue weighted by atomic mass is 9.81. The molecule has 1 aromatic carbocycles. The SMILES string of the molecule is O=C1C2CCCCC2C(=O)N1c1cc(Cc2n[nH]c(=O)c3c2CCCC3)ccc1F. The molecule has 0 bridgehead atoms. The van der Waals surface area contributed by atoms with E-state index in [1.54, 1.807) is 12.1 Å². The molecule has 6 nitrogen and oxygen atoms in total. The molecule has 2 unspecified atom stereocenters. The molecular formula is C23H24FN3O3.